The minimum absolute atomic E-state index is 0.0324. The van der Waals surface area contributed by atoms with E-state index < -0.39 is 23.6 Å². The fourth-order valence-electron chi connectivity index (χ4n) is 4.26. The number of rotatable bonds is 16. The Morgan fingerprint density at radius 1 is 1.19 bits per heavy atom. The van der Waals surface area contributed by atoms with Gasteiger partial charge in [-0.1, -0.05) is 65.0 Å². The average molecular weight is 548 g/mol. The molecule has 37 heavy (non-hydrogen) atoms. The second kappa shape index (κ2) is 15.5. The number of aromatic nitrogens is 1. The Bertz CT molecular complexity index is 993. The van der Waals surface area contributed by atoms with Gasteiger partial charge in [-0.2, -0.15) is 0 Å². The molecule has 1 unspecified atom stereocenters. The zero-order valence-corrected chi connectivity index (χ0v) is 25.8. The van der Waals surface area contributed by atoms with E-state index in [1.165, 1.54) is 0 Å². The SMILES string of the molecule is C=CC[C@H](C)[C@H](C)[C@@H](C)C(=O)C(C)(C)[C@H](CC(=O)O[C@@H](C/C=C(/C)C=C)/C(C)=C/c1csc(C)n1)OP. The summed E-state index contributed by atoms with van der Waals surface area (Å²) in [6.07, 6.45) is 7.83. The van der Waals surface area contributed by atoms with Gasteiger partial charge in [-0.25, -0.2) is 4.98 Å². The van der Waals surface area contributed by atoms with E-state index in [-0.39, 0.29) is 24.0 Å². The zero-order chi connectivity index (χ0) is 28.3. The summed E-state index contributed by atoms with van der Waals surface area (Å²) in [5, 5.41) is 2.96. The van der Waals surface area contributed by atoms with E-state index in [0.29, 0.717) is 12.3 Å². The molecule has 0 spiro atoms. The molecule has 0 aliphatic carbocycles. The fourth-order valence-corrected chi connectivity index (χ4v) is 5.27. The molecule has 1 heterocycles. The second-order valence-electron chi connectivity index (χ2n) is 10.6. The van der Waals surface area contributed by atoms with Gasteiger partial charge in [0.2, 0.25) is 0 Å². The van der Waals surface area contributed by atoms with Crippen LogP contribution in [0.1, 0.15) is 78.4 Å². The van der Waals surface area contributed by atoms with E-state index in [9.17, 15) is 9.59 Å². The van der Waals surface area contributed by atoms with Crippen LogP contribution in [0.3, 0.4) is 0 Å². The molecule has 0 amide bonds. The lowest BCUT2D eigenvalue weighted by atomic mass is 9.70. The molecule has 0 saturated carbocycles. The van der Waals surface area contributed by atoms with Crippen LogP contribution in [0, 0.1) is 30.1 Å². The van der Waals surface area contributed by atoms with E-state index in [4.69, 9.17) is 9.26 Å². The lowest BCUT2D eigenvalue weighted by Gasteiger charge is -2.36. The summed E-state index contributed by atoms with van der Waals surface area (Å²) in [6, 6.07) is 0. The van der Waals surface area contributed by atoms with Crippen LogP contribution in [0.5, 0.6) is 0 Å². The highest BCUT2D eigenvalue weighted by molar-refractivity contribution is 7.10. The van der Waals surface area contributed by atoms with Crippen molar-refractivity contribution in [2.45, 2.75) is 86.9 Å². The third kappa shape index (κ3) is 10.1. The van der Waals surface area contributed by atoms with Crippen molar-refractivity contribution in [3.8, 4) is 0 Å². The first kappa shape index (κ1) is 33.1. The maximum absolute atomic E-state index is 13.5. The van der Waals surface area contributed by atoms with E-state index in [2.05, 4.69) is 41.5 Å². The molecule has 0 fully saturated rings. The van der Waals surface area contributed by atoms with Gasteiger partial charge >= 0.3 is 5.97 Å². The lowest BCUT2D eigenvalue weighted by Crippen LogP contribution is -2.44. The predicted molar refractivity (Wildman–Crippen MR) is 159 cm³/mol. The number of carbonyl (C=O) groups is 2. The van der Waals surface area contributed by atoms with Crippen molar-refractivity contribution in [2.75, 3.05) is 0 Å². The van der Waals surface area contributed by atoms with Crippen LogP contribution in [-0.2, 0) is 18.8 Å². The Morgan fingerprint density at radius 2 is 1.84 bits per heavy atom. The summed E-state index contributed by atoms with van der Waals surface area (Å²) in [5.41, 5.74) is 1.87. The largest absolute Gasteiger partial charge is 0.457 e. The van der Waals surface area contributed by atoms with E-state index >= 15 is 0 Å². The van der Waals surface area contributed by atoms with Crippen molar-refractivity contribution < 1.29 is 18.8 Å². The van der Waals surface area contributed by atoms with Gasteiger partial charge in [-0.05, 0) is 50.7 Å². The van der Waals surface area contributed by atoms with Gasteiger partial charge in [0, 0.05) is 27.2 Å². The maximum Gasteiger partial charge on any atom is 0.309 e. The van der Waals surface area contributed by atoms with Crippen LogP contribution in [0.4, 0.5) is 0 Å². The lowest BCUT2D eigenvalue weighted by molar-refractivity contribution is -0.152. The molecule has 7 heteroatoms. The molecule has 6 atom stereocenters. The van der Waals surface area contributed by atoms with Crippen molar-refractivity contribution in [3.63, 3.8) is 0 Å². The number of hydrogen-bond acceptors (Lipinski definition) is 6. The minimum Gasteiger partial charge on any atom is -0.457 e. The molecule has 0 saturated heterocycles. The van der Waals surface area contributed by atoms with Gasteiger partial charge in [-0.15, -0.1) is 17.9 Å². The number of esters is 1. The smallest absolute Gasteiger partial charge is 0.309 e. The number of allylic oxidation sites excluding steroid dienone is 3. The second-order valence-corrected chi connectivity index (χ2v) is 11.9. The van der Waals surface area contributed by atoms with Crippen LogP contribution in [0.2, 0.25) is 0 Å². The molecule has 0 aromatic carbocycles. The van der Waals surface area contributed by atoms with Gasteiger partial charge in [0.15, 0.2) is 0 Å². The molecule has 0 radical (unpaired) electrons. The molecule has 0 N–H and O–H groups in total. The van der Waals surface area contributed by atoms with E-state index in [1.54, 1.807) is 17.4 Å². The first-order valence-electron chi connectivity index (χ1n) is 12.9. The van der Waals surface area contributed by atoms with Gasteiger partial charge < -0.3 is 9.26 Å². The molecular weight excluding hydrogens is 501 g/mol. The Kier molecular flexibility index (Phi) is 13.9. The summed E-state index contributed by atoms with van der Waals surface area (Å²) in [7, 11) is 2.23. The number of ketones is 1. The van der Waals surface area contributed by atoms with Crippen LogP contribution in [0.15, 0.2) is 47.9 Å². The first-order chi connectivity index (χ1) is 17.3. The van der Waals surface area contributed by atoms with Crippen molar-refractivity contribution in [3.05, 3.63) is 58.6 Å². The minimum atomic E-state index is -0.875. The van der Waals surface area contributed by atoms with E-state index in [1.807, 2.05) is 65.2 Å². The summed E-state index contributed by atoms with van der Waals surface area (Å²) in [6.45, 7) is 23.4. The predicted octanol–water partition coefficient (Wildman–Crippen LogP) is 7.93. The highest BCUT2D eigenvalue weighted by Crippen LogP contribution is 2.36. The molecule has 0 bridgehead atoms. The molecule has 206 valence electrons. The summed E-state index contributed by atoms with van der Waals surface area (Å²) >= 11 is 1.57. The van der Waals surface area contributed by atoms with Crippen LogP contribution in [-0.4, -0.2) is 28.9 Å². The van der Waals surface area contributed by atoms with Crippen LogP contribution < -0.4 is 0 Å². The number of aryl methyl sites for hydroxylation is 1. The Morgan fingerprint density at radius 3 is 2.35 bits per heavy atom. The van der Waals surface area contributed by atoms with E-state index in [0.717, 1.165) is 28.3 Å². The third-order valence-corrected chi connectivity index (χ3v) is 8.48. The quantitative estimate of drug-likeness (QED) is 0.0910. The average Bonchev–Trinajstić information content (AvgIpc) is 3.27. The fraction of sp³-hybridized carbons (Fsp3) is 0.567. The van der Waals surface area contributed by atoms with Crippen LogP contribution >= 0.6 is 20.8 Å². The molecule has 1 rings (SSSR count). The monoisotopic (exact) mass is 547 g/mol. The number of ether oxygens (including phenoxy) is 1. The van der Waals surface area contributed by atoms with Crippen molar-refractivity contribution >= 4 is 38.6 Å². The number of hydrogen-bond donors (Lipinski definition) is 0. The van der Waals surface area contributed by atoms with Crippen LogP contribution in [0.25, 0.3) is 6.08 Å². The molecule has 1 aromatic heterocycles. The number of nitrogens with zero attached hydrogens (tertiary/aromatic N) is 1. The maximum atomic E-state index is 13.5. The normalized spacial score (nSPS) is 16.9. The standard InChI is InChI=1S/C30H46NO4PS/c1-11-13-20(4)22(6)23(7)29(33)30(9,10)27(35-36)17-28(32)34-26(15-14-19(3)12-2)21(5)16-25-18-37-24(8)31-25/h11-12,14,16,18,20,22-23,26-27H,1-2,13,15,17,36H2,3-10H3/b19-14-,21-16+/t20-,22-,23+,26-,27-/m0/s1. The van der Waals surface area contributed by atoms with Gasteiger partial charge in [0.25, 0.3) is 0 Å². The topological polar surface area (TPSA) is 65.5 Å². The number of thiazole rings is 1. The van der Waals surface area contributed by atoms with Gasteiger partial charge in [0.1, 0.15) is 11.9 Å². The molecule has 0 aliphatic rings. The molecule has 0 aliphatic heterocycles. The molecular formula is C30H46NO4PS. The van der Waals surface area contributed by atoms with Crippen molar-refractivity contribution in [1.29, 1.82) is 0 Å². The highest BCUT2D eigenvalue weighted by atomic mass is 32.1. The summed E-state index contributed by atoms with van der Waals surface area (Å²) in [4.78, 5) is 31.2. The van der Waals surface area contributed by atoms with Gasteiger partial charge in [-0.3, -0.25) is 9.59 Å². The Labute approximate surface area is 230 Å². The number of carbonyl (C=O) groups excluding carboxylic acids is 2. The highest BCUT2D eigenvalue weighted by Gasteiger charge is 2.42. The summed E-state index contributed by atoms with van der Waals surface area (Å²) < 4.78 is 11.6. The van der Waals surface area contributed by atoms with Gasteiger partial charge in [0.05, 0.1) is 28.6 Å². The third-order valence-electron chi connectivity index (χ3n) is 7.36. The van der Waals surface area contributed by atoms with Crippen molar-refractivity contribution in [2.24, 2.45) is 23.2 Å². The molecule has 5 nitrogen and oxygen atoms in total. The molecule has 1 aromatic rings. The Balaban J connectivity index is 3.07. The summed E-state index contributed by atoms with van der Waals surface area (Å²) in [5.74, 6) is -0.0155. The van der Waals surface area contributed by atoms with Crippen molar-refractivity contribution in [1.82, 2.24) is 4.98 Å². The Hall–Kier alpha value is -1.88. The zero-order valence-electron chi connectivity index (χ0n) is 23.9. The first-order valence-corrected chi connectivity index (χ1v) is 14.2. The number of Topliss-reactive ketones (excluding diaryl/α,β-unsaturated/α-hetero) is 1.